The van der Waals surface area contributed by atoms with Crippen LogP contribution in [0.15, 0.2) is 48.5 Å². The number of fused-ring (bicyclic) bond motifs is 1. The van der Waals surface area contributed by atoms with Gasteiger partial charge in [0.05, 0.1) is 24.9 Å². The molecule has 2 saturated heterocycles. The summed E-state index contributed by atoms with van der Waals surface area (Å²) in [6.45, 7) is 11.0. The van der Waals surface area contributed by atoms with E-state index < -0.39 is 6.29 Å². The summed E-state index contributed by atoms with van der Waals surface area (Å²) in [6, 6.07) is 16.2. The van der Waals surface area contributed by atoms with Gasteiger partial charge in [0.15, 0.2) is 6.29 Å². The Morgan fingerprint density at radius 1 is 0.909 bits per heavy atom. The topological polar surface area (TPSA) is 100 Å². The van der Waals surface area contributed by atoms with Gasteiger partial charge in [0.25, 0.3) is 0 Å². The third-order valence-corrected chi connectivity index (χ3v) is 9.61. The molecule has 3 aliphatic rings. The van der Waals surface area contributed by atoms with Crippen LogP contribution in [-0.2, 0) is 32.2 Å². The number of rotatable bonds is 8. The fourth-order valence-corrected chi connectivity index (χ4v) is 7.28. The predicted molar refractivity (Wildman–Crippen MR) is 170 cm³/mol. The van der Waals surface area contributed by atoms with Crippen molar-refractivity contribution in [1.29, 1.82) is 0 Å². The lowest BCUT2D eigenvalue weighted by Gasteiger charge is -2.51. The first kappa shape index (κ1) is 32.6. The van der Waals surface area contributed by atoms with Gasteiger partial charge in [0.1, 0.15) is 0 Å². The second kappa shape index (κ2) is 14.1. The van der Waals surface area contributed by atoms with Crippen LogP contribution in [-0.4, -0.2) is 52.1 Å². The van der Waals surface area contributed by atoms with Crippen LogP contribution in [0, 0.1) is 11.8 Å². The zero-order chi connectivity index (χ0) is 31.4. The molecule has 2 amide bonds. The Bertz CT molecular complexity index is 1260. The molecule has 3 fully saturated rings. The molecule has 7 atom stereocenters. The van der Waals surface area contributed by atoms with E-state index >= 15 is 0 Å². The second-order valence-corrected chi connectivity index (χ2v) is 14.1. The minimum absolute atomic E-state index is 0.00388. The Morgan fingerprint density at radius 2 is 1.57 bits per heavy atom. The van der Waals surface area contributed by atoms with Crippen molar-refractivity contribution in [2.45, 2.75) is 122 Å². The lowest BCUT2D eigenvalue weighted by atomic mass is 9.75. The molecule has 3 N–H and O–H groups in total. The molecule has 2 aromatic carbocycles. The van der Waals surface area contributed by atoms with E-state index in [0.29, 0.717) is 25.0 Å². The van der Waals surface area contributed by atoms with Gasteiger partial charge in [0, 0.05) is 43.1 Å². The largest absolute Gasteiger partial charge is 0.392 e. The molecule has 2 aliphatic heterocycles. The summed E-state index contributed by atoms with van der Waals surface area (Å²) in [5.74, 6) is 0.697. The molecule has 1 aliphatic carbocycles. The highest BCUT2D eigenvalue weighted by Gasteiger charge is 2.46. The van der Waals surface area contributed by atoms with E-state index in [-0.39, 0.29) is 48.1 Å². The van der Waals surface area contributed by atoms with Crippen LogP contribution in [0.1, 0.15) is 108 Å². The predicted octanol–water partition coefficient (Wildman–Crippen LogP) is 5.54. The molecule has 0 bridgehead atoms. The van der Waals surface area contributed by atoms with Crippen molar-refractivity contribution in [2.75, 3.05) is 6.54 Å². The van der Waals surface area contributed by atoms with Crippen molar-refractivity contribution in [3.63, 3.8) is 0 Å². The molecule has 44 heavy (non-hydrogen) atoms. The van der Waals surface area contributed by atoms with E-state index in [2.05, 4.69) is 22.5 Å². The molecular weight excluding hydrogens is 554 g/mol. The normalized spacial score (nSPS) is 29.5. The van der Waals surface area contributed by atoms with Gasteiger partial charge in [-0.3, -0.25) is 14.5 Å². The summed E-state index contributed by atoms with van der Waals surface area (Å²) in [5.41, 5.74) is 3.54. The third-order valence-electron chi connectivity index (χ3n) is 9.61. The zero-order valence-electron chi connectivity index (χ0n) is 27.1. The molecule has 2 heterocycles. The summed E-state index contributed by atoms with van der Waals surface area (Å²) >= 11 is 0. The van der Waals surface area contributed by atoms with Crippen molar-refractivity contribution in [3.05, 3.63) is 70.8 Å². The summed E-state index contributed by atoms with van der Waals surface area (Å²) in [7, 11) is 0. The average Bonchev–Trinajstić information content (AvgIpc) is 3.00. The maximum Gasteiger partial charge on any atom is 0.237 e. The number of carbonyl (C=O) groups excluding carboxylic acids is 2. The number of hydrogen-bond donors (Lipinski definition) is 3. The van der Waals surface area contributed by atoms with E-state index in [0.717, 1.165) is 41.5 Å². The van der Waals surface area contributed by atoms with E-state index in [9.17, 15) is 14.7 Å². The van der Waals surface area contributed by atoms with Crippen LogP contribution in [0.5, 0.6) is 0 Å². The van der Waals surface area contributed by atoms with Crippen LogP contribution in [0.2, 0.25) is 0 Å². The number of nitrogens with zero attached hydrogens (tertiary/aromatic N) is 1. The first-order chi connectivity index (χ1) is 21.0. The Hall–Kier alpha value is -2.78. The van der Waals surface area contributed by atoms with E-state index in [1.54, 1.807) is 0 Å². The number of piperidine rings is 1. The molecule has 8 nitrogen and oxygen atoms in total. The minimum Gasteiger partial charge on any atom is -0.392 e. The maximum atomic E-state index is 13.7. The summed E-state index contributed by atoms with van der Waals surface area (Å²) < 4.78 is 13.5. The van der Waals surface area contributed by atoms with Gasteiger partial charge in [-0.2, -0.15) is 0 Å². The van der Waals surface area contributed by atoms with Crippen molar-refractivity contribution in [1.82, 2.24) is 15.5 Å². The highest BCUT2D eigenvalue weighted by molar-refractivity contribution is 5.82. The standard InChI is InChI=1S/C36H51N3O5/c1-23-32(21-39-30-9-7-6-8-27(30)18-19-31(39)34(42)38-36(3,4)5)43-35(29-16-10-25(11-17-29)20-37-24(2)41)44-33(23)28-14-12-26(22-40)13-15-28/h10-17,23,27,30-33,35,40H,6-9,18-22H2,1-5H3,(H,37,41)(H,38,42). The summed E-state index contributed by atoms with van der Waals surface area (Å²) in [5, 5.41) is 15.7. The van der Waals surface area contributed by atoms with Crippen LogP contribution in [0.3, 0.4) is 0 Å². The number of hydrogen-bond acceptors (Lipinski definition) is 6. The third kappa shape index (κ3) is 7.89. The first-order valence-electron chi connectivity index (χ1n) is 16.4. The lowest BCUT2D eigenvalue weighted by molar-refractivity contribution is -0.278. The number of benzene rings is 2. The van der Waals surface area contributed by atoms with Crippen molar-refractivity contribution >= 4 is 11.8 Å². The summed E-state index contributed by atoms with van der Waals surface area (Å²) in [6.07, 6.45) is 5.81. The number of ether oxygens (including phenoxy) is 2. The van der Waals surface area contributed by atoms with Crippen molar-refractivity contribution in [2.24, 2.45) is 11.8 Å². The number of aliphatic hydroxyl groups excluding tert-OH is 1. The maximum absolute atomic E-state index is 13.7. The monoisotopic (exact) mass is 605 g/mol. The molecule has 240 valence electrons. The van der Waals surface area contributed by atoms with Gasteiger partial charge in [-0.1, -0.05) is 68.3 Å². The van der Waals surface area contributed by atoms with Crippen molar-refractivity contribution < 1.29 is 24.2 Å². The Labute approximate surface area is 262 Å². The number of aliphatic hydroxyl groups is 1. The Balaban J connectivity index is 1.44. The Kier molecular flexibility index (Phi) is 10.5. The van der Waals surface area contributed by atoms with E-state index in [1.807, 2.05) is 69.3 Å². The summed E-state index contributed by atoms with van der Waals surface area (Å²) in [4.78, 5) is 27.6. The van der Waals surface area contributed by atoms with Gasteiger partial charge in [0.2, 0.25) is 11.8 Å². The molecule has 0 radical (unpaired) electrons. The number of carbonyl (C=O) groups is 2. The van der Waals surface area contributed by atoms with Gasteiger partial charge in [-0.25, -0.2) is 0 Å². The molecule has 7 unspecified atom stereocenters. The van der Waals surface area contributed by atoms with Crippen molar-refractivity contribution in [3.8, 4) is 0 Å². The fraction of sp³-hybridized carbons (Fsp3) is 0.611. The molecule has 0 spiro atoms. The second-order valence-electron chi connectivity index (χ2n) is 14.1. The highest BCUT2D eigenvalue weighted by atomic mass is 16.7. The molecule has 5 rings (SSSR count). The number of nitrogens with one attached hydrogen (secondary N) is 2. The number of amides is 2. The molecular formula is C36H51N3O5. The SMILES string of the molecule is CC(=O)NCc1ccc(C2OC(CN3C(C(=O)NC(C)(C)C)CCC4CCCCC43)C(C)C(c3ccc(CO)cc3)O2)cc1. The molecule has 0 aromatic heterocycles. The molecule has 1 saturated carbocycles. The van der Waals surface area contributed by atoms with Crippen LogP contribution < -0.4 is 10.6 Å². The van der Waals surface area contributed by atoms with Gasteiger partial charge in [-0.15, -0.1) is 0 Å². The van der Waals surface area contributed by atoms with Gasteiger partial charge >= 0.3 is 0 Å². The first-order valence-corrected chi connectivity index (χ1v) is 16.4. The quantitative estimate of drug-likeness (QED) is 0.365. The van der Waals surface area contributed by atoms with Crippen LogP contribution in [0.4, 0.5) is 0 Å². The molecule has 2 aromatic rings. The smallest absolute Gasteiger partial charge is 0.237 e. The molecule has 8 heteroatoms. The van der Waals surface area contributed by atoms with Crippen LogP contribution >= 0.6 is 0 Å². The average molecular weight is 606 g/mol. The number of likely N-dealkylation sites (tertiary alicyclic amines) is 1. The van der Waals surface area contributed by atoms with E-state index in [1.165, 1.54) is 26.2 Å². The van der Waals surface area contributed by atoms with Gasteiger partial charge < -0.3 is 25.2 Å². The van der Waals surface area contributed by atoms with Crippen LogP contribution in [0.25, 0.3) is 0 Å². The minimum atomic E-state index is -0.581. The van der Waals surface area contributed by atoms with Gasteiger partial charge in [-0.05, 0) is 69.1 Å². The Morgan fingerprint density at radius 3 is 2.23 bits per heavy atom. The van der Waals surface area contributed by atoms with E-state index in [4.69, 9.17) is 9.47 Å². The fourth-order valence-electron chi connectivity index (χ4n) is 7.28. The lowest BCUT2D eigenvalue weighted by Crippen LogP contribution is -2.61. The highest BCUT2D eigenvalue weighted by Crippen LogP contribution is 2.44. The zero-order valence-corrected chi connectivity index (χ0v) is 27.1.